The molecule has 2 heterocycles. The van der Waals surface area contributed by atoms with Crippen LogP contribution in [0.25, 0.3) is 0 Å². The highest BCUT2D eigenvalue weighted by Gasteiger charge is 2.29. The van der Waals surface area contributed by atoms with Crippen molar-refractivity contribution in [2.45, 2.75) is 51.9 Å². The number of nitrogens with one attached hydrogen (secondary N) is 1. The molecule has 29 heavy (non-hydrogen) atoms. The van der Waals surface area contributed by atoms with Gasteiger partial charge in [0.2, 0.25) is 5.91 Å². The zero-order chi connectivity index (χ0) is 20.4. The molecule has 1 saturated heterocycles. The van der Waals surface area contributed by atoms with Gasteiger partial charge in [0, 0.05) is 48.8 Å². The monoisotopic (exact) mass is 411 g/mol. The minimum atomic E-state index is 0.149. The van der Waals surface area contributed by atoms with Crippen LogP contribution in [-0.4, -0.2) is 41.3 Å². The molecule has 154 valence electrons. The Kier molecular flexibility index (Phi) is 5.99. The number of hydrogen-bond acceptors (Lipinski definition) is 4. The molecule has 0 radical (unpaired) electrons. The highest BCUT2D eigenvalue weighted by Crippen LogP contribution is 2.31. The quantitative estimate of drug-likeness (QED) is 0.785. The Morgan fingerprint density at radius 3 is 2.66 bits per heavy atom. The maximum Gasteiger partial charge on any atom is 0.254 e. The Morgan fingerprint density at radius 2 is 1.93 bits per heavy atom. The van der Waals surface area contributed by atoms with Crippen molar-refractivity contribution in [1.82, 2.24) is 15.2 Å². The highest BCUT2D eigenvalue weighted by molar-refractivity contribution is 7.09. The number of benzene rings is 1. The van der Waals surface area contributed by atoms with Gasteiger partial charge < -0.3 is 10.2 Å². The largest absolute Gasteiger partial charge is 0.355 e. The first kappa shape index (κ1) is 20.1. The molecule has 1 aromatic heterocycles. The summed E-state index contributed by atoms with van der Waals surface area (Å²) in [6, 6.07) is 6.08. The number of nitrogens with zero attached hydrogens (tertiary/aromatic N) is 2. The number of likely N-dealkylation sites (tertiary alicyclic amines) is 1. The second kappa shape index (κ2) is 8.66. The summed E-state index contributed by atoms with van der Waals surface area (Å²) in [5, 5.41) is 6.30. The number of aromatic nitrogens is 1. The molecular weight excluding hydrogens is 382 g/mol. The second-order valence-electron chi connectivity index (χ2n) is 8.38. The fourth-order valence-electron chi connectivity index (χ4n) is 3.89. The van der Waals surface area contributed by atoms with Gasteiger partial charge in [-0.2, -0.15) is 0 Å². The lowest BCUT2D eigenvalue weighted by molar-refractivity contribution is -0.122. The molecule has 0 spiro atoms. The Hall–Kier alpha value is -2.21. The third kappa shape index (κ3) is 4.86. The minimum absolute atomic E-state index is 0.149. The molecule has 2 aliphatic rings. The number of carbonyl (C=O) groups excluding carboxylic acids is 2. The van der Waals surface area contributed by atoms with Crippen LogP contribution in [0.5, 0.6) is 0 Å². The van der Waals surface area contributed by atoms with E-state index in [1.165, 1.54) is 5.01 Å². The highest BCUT2D eigenvalue weighted by atomic mass is 32.1. The number of aryl methyl sites for hydroxylation is 2. The summed E-state index contributed by atoms with van der Waals surface area (Å²) in [5.74, 6) is 1.03. The van der Waals surface area contributed by atoms with Crippen molar-refractivity contribution in [3.63, 3.8) is 0 Å². The van der Waals surface area contributed by atoms with E-state index >= 15 is 0 Å². The molecule has 1 N–H and O–H groups in total. The maximum atomic E-state index is 12.9. The van der Waals surface area contributed by atoms with Gasteiger partial charge in [0.05, 0.1) is 10.7 Å². The molecule has 2 aromatic rings. The fourth-order valence-corrected chi connectivity index (χ4v) is 4.92. The molecule has 4 rings (SSSR count). The Bertz CT molecular complexity index is 895. The van der Waals surface area contributed by atoms with Crippen LogP contribution in [0.1, 0.15) is 63.8 Å². The predicted molar refractivity (Wildman–Crippen MR) is 115 cm³/mol. The lowest BCUT2D eigenvalue weighted by Crippen LogP contribution is -2.38. The normalized spacial score (nSPS) is 17.4. The molecule has 0 unspecified atom stereocenters. The third-order valence-corrected chi connectivity index (χ3v) is 7.01. The van der Waals surface area contributed by atoms with Crippen molar-refractivity contribution in [2.24, 2.45) is 5.92 Å². The van der Waals surface area contributed by atoms with Gasteiger partial charge in [-0.3, -0.25) is 9.59 Å². The number of hydrogen-bond donors (Lipinski definition) is 1. The molecule has 2 amide bonds. The molecule has 6 heteroatoms. The van der Waals surface area contributed by atoms with Gasteiger partial charge >= 0.3 is 0 Å². The summed E-state index contributed by atoms with van der Waals surface area (Å²) in [6.07, 6.45) is 4.79. The zero-order valence-corrected chi connectivity index (χ0v) is 18.1. The Labute approximate surface area is 176 Å². The van der Waals surface area contributed by atoms with Gasteiger partial charge in [-0.05, 0) is 51.2 Å². The van der Waals surface area contributed by atoms with Gasteiger partial charge in [0.25, 0.3) is 5.91 Å². The topological polar surface area (TPSA) is 62.3 Å². The first-order chi connectivity index (χ1) is 14.0. The van der Waals surface area contributed by atoms with E-state index in [0.29, 0.717) is 12.5 Å². The Morgan fingerprint density at radius 1 is 1.17 bits per heavy atom. The van der Waals surface area contributed by atoms with E-state index < -0.39 is 0 Å². The van der Waals surface area contributed by atoms with E-state index in [0.717, 1.165) is 67.6 Å². The van der Waals surface area contributed by atoms with Crippen molar-refractivity contribution < 1.29 is 9.59 Å². The lowest BCUT2D eigenvalue weighted by Gasteiger charge is -2.31. The molecule has 0 atom stereocenters. The smallest absolute Gasteiger partial charge is 0.254 e. The number of carbonyl (C=O) groups is 2. The van der Waals surface area contributed by atoms with E-state index in [2.05, 4.69) is 16.8 Å². The van der Waals surface area contributed by atoms with Crippen LogP contribution in [0.2, 0.25) is 0 Å². The average Bonchev–Trinajstić information content (AvgIpc) is 3.48. The molecular formula is C23H29N3O2S. The molecule has 5 nitrogen and oxygen atoms in total. The predicted octanol–water partition coefficient (Wildman–Crippen LogP) is 3.85. The van der Waals surface area contributed by atoms with Gasteiger partial charge in [-0.25, -0.2) is 4.98 Å². The first-order valence-corrected chi connectivity index (χ1v) is 11.5. The van der Waals surface area contributed by atoms with Crippen molar-refractivity contribution >= 4 is 23.2 Å². The summed E-state index contributed by atoms with van der Waals surface area (Å²) in [7, 11) is 0. The zero-order valence-electron chi connectivity index (χ0n) is 17.2. The standard InChI is InChI=1S/C23H29N3O2S/c1-15-3-4-16(2)20(13-15)23(28)26-11-8-18(9-12-26)22-25-19(14-29-22)7-10-24-21(27)17-5-6-17/h3-4,13-14,17-18H,5-12H2,1-2H3,(H,24,27). The number of amides is 2. The van der Waals surface area contributed by atoms with Gasteiger partial charge in [-0.1, -0.05) is 17.7 Å². The van der Waals surface area contributed by atoms with E-state index in [1.807, 2.05) is 30.9 Å². The summed E-state index contributed by atoms with van der Waals surface area (Å²) < 4.78 is 0. The summed E-state index contributed by atoms with van der Waals surface area (Å²) >= 11 is 1.72. The van der Waals surface area contributed by atoms with E-state index in [9.17, 15) is 9.59 Å². The van der Waals surface area contributed by atoms with Crippen LogP contribution >= 0.6 is 11.3 Å². The van der Waals surface area contributed by atoms with Gasteiger partial charge in [-0.15, -0.1) is 11.3 Å². The first-order valence-electron chi connectivity index (χ1n) is 10.6. The summed E-state index contributed by atoms with van der Waals surface area (Å²) in [6.45, 7) is 6.26. The van der Waals surface area contributed by atoms with E-state index in [1.54, 1.807) is 11.3 Å². The van der Waals surface area contributed by atoms with Crippen molar-refractivity contribution in [1.29, 1.82) is 0 Å². The van der Waals surface area contributed by atoms with Crippen LogP contribution in [0.15, 0.2) is 23.6 Å². The SMILES string of the molecule is Cc1ccc(C)c(C(=O)N2CCC(c3nc(CCNC(=O)C4CC4)cs3)CC2)c1. The van der Waals surface area contributed by atoms with Crippen molar-refractivity contribution in [3.8, 4) is 0 Å². The van der Waals surface area contributed by atoms with Crippen molar-refractivity contribution in [2.75, 3.05) is 19.6 Å². The van der Waals surface area contributed by atoms with Crippen LogP contribution in [0, 0.1) is 19.8 Å². The third-order valence-electron chi connectivity index (χ3n) is 5.95. The Balaban J connectivity index is 1.28. The van der Waals surface area contributed by atoms with Crippen LogP contribution < -0.4 is 5.32 Å². The maximum absolute atomic E-state index is 12.9. The fraction of sp³-hybridized carbons (Fsp3) is 0.522. The van der Waals surface area contributed by atoms with Gasteiger partial charge in [0.15, 0.2) is 0 Å². The summed E-state index contributed by atoms with van der Waals surface area (Å²) in [4.78, 5) is 31.4. The van der Waals surface area contributed by atoms with Crippen molar-refractivity contribution in [3.05, 3.63) is 51.0 Å². The molecule has 1 aliphatic heterocycles. The van der Waals surface area contributed by atoms with Gasteiger partial charge in [0.1, 0.15) is 0 Å². The summed E-state index contributed by atoms with van der Waals surface area (Å²) in [5.41, 5.74) is 4.06. The number of rotatable bonds is 6. The molecule has 2 fully saturated rings. The van der Waals surface area contributed by atoms with Crippen LogP contribution in [0.4, 0.5) is 0 Å². The molecule has 0 bridgehead atoms. The molecule has 1 aliphatic carbocycles. The second-order valence-corrected chi connectivity index (χ2v) is 9.27. The van der Waals surface area contributed by atoms with E-state index in [4.69, 9.17) is 4.98 Å². The van der Waals surface area contributed by atoms with Crippen LogP contribution in [-0.2, 0) is 11.2 Å². The number of piperidine rings is 1. The average molecular weight is 412 g/mol. The lowest BCUT2D eigenvalue weighted by atomic mass is 9.96. The molecule has 1 aromatic carbocycles. The van der Waals surface area contributed by atoms with E-state index in [-0.39, 0.29) is 17.7 Å². The molecule has 1 saturated carbocycles. The van der Waals surface area contributed by atoms with Crippen LogP contribution in [0.3, 0.4) is 0 Å². The minimum Gasteiger partial charge on any atom is -0.355 e. The number of thiazole rings is 1.